The molecule has 40 heavy (non-hydrogen) atoms. The second-order valence-electron chi connectivity index (χ2n) is 10.3. The number of fused-ring (bicyclic) bond motifs is 1. The van der Waals surface area contributed by atoms with E-state index in [1.165, 1.54) is 36.7 Å². The molecule has 1 aromatic heterocycles. The summed E-state index contributed by atoms with van der Waals surface area (Å²) in [5.41, 5.74) is 1.69. The van der Waals surface area contributed by atoms with E-state index in [-0.39, 0.29) is 17.9 Å². The number of halogens is 2. The molecular weight excluding hydrogens is 532 g/mol. The number of hydrogen-bond acceptors (Lipinski definition) is 5. The molecule has 2 aliphatic rings. The first-order chi connectivity index (χ1) is 19.4. The summed E-state index contributed by atoms with van der Waals surface area (Å²) in [4.78, 5) is 31.9. The maximum Gasteiger partial charge on any atom is 0.256 e. The van der Waals surface area contributed by atoms with Crippen molar-refractivity contribution in [1.29, 1.82) is 0 Å². The Kier molecular flexibility index (Phi) is 7.53. The van der Waals surface area contributed by atoms with E-state index in [0.29, 0.717) is 32.7 Å². The first-order valence-corrected chi connectivity index (χ1v) is 14.3. The van der Waals surface area contributed by atoms with E-state index < -0.39 is 11.6 Å². The molecule has 2 amide bonds. The maximum atomic E-state index is 13.6. The first kappa shape index (κ1) is 26.5. The third-order valence-electron chi connectivity index (χ3n) is 7.54. The van der Waals surface area contributed by atoms with Crippen LogP contribution < -0.4 is 5.32 Å². The molecule has 3 heterocycles. The molecule has 2 fully saturated rings. The molecule has 0 radical (unpaired) electrons. The average Bonchev–Trinajstić information content (AvgIpc) is 3.70. The number of benzene rings is 3. The maximum absolute atomic E-state index is 13.6. The van der Waals surface area contributed by atoms with Crippen molar-refractivity contribution in [3.8, 4) is 0 Å². The van der Waals surface area contributed by atoms with Gasteiger partial charge in [-0.3, -0.25) is 14.7 Å². The standard InChI is InChI=1S/C30H29F2N5O2S/c31-21-14-22(32)16-25(15-21)40-24-9-10-27-26(17-24)28(35-34-27)33-29(38)19-5-7-20(8-6-19)30(39)37-13-3-4-23(37)18-36-11-1-2-12-36/h5-10,14-17,23H,1-4,11-13,18H2,(H2,33,34,35,38). The van der Waals surface area contributed by atoms with E-state index in [0.717, 1.165) is 50.0 Å². The van der Waals surface area contributed by atoms with E-state index in [1.54, 1.807) is 36.4 Å². The van der Waals surface area contributed by atoms with Crippen molar-refractivity contribution in [2.45, 2.75) is 41.5 Å². The van der Waals surface area contributed by atoms with Gasteiger partial charge >= 0.3 is 0 Å². The lowest BCUT2D eigenvalue weighted by Gasteiger charge is -2.28. The van der Waals surface area contributed by atoms with E-state index in [4.69, 9.17) is 0 Å². The van der Waals surface area contributed by atoms with Crippen LogP contribution in [0, 0.1) is 11.6 Å². The van der Waals surface area contributed by atoms with Gasteiger partial charge in [0, 0.05) is 51.5 Å². The van der Waals surface area contributed by atoms with Crippen molar-refractivity contribution < 1.29 is 18.4 Å². The molecule has 0 aliphatic carbocycles. The Morgan fingerprint density at radius 3 is 2.38 bits per heavy atom. The highest BCUT2D eigenvalue weighted by Crippen LogP contribution is 2.33. The quantitative estimate of drug-likeness (QED) is 0.292. The van der Waals surface area contributed by atoms with E-state index in [9.17, 15) is 18.4 Å². The largest absolute Gasteiger partial charge is 0.334 e. The Hall–Kier alpha value is -3.76. The SMILES string of the molecule is O=C(Nc1n[nH]c2ccc(Sc3cc(F)cc(F)c3)cc12)c1ccc(C(=O)N2CCCC2CN2CCCC2)cc1. The van der Waals surface area contributed by atoms with Gasteiger partial charge in [0.25, 0.3) is 11.8 Å². The number of carbonyl (C=O) groups excluding carboxylic acids is 2. The van der Waals surface area contributed by atoms with Gasteiger partial charge in [-0.25, -0.2) is 8.78 Å². The van der Waals surface area contributed by atoms with Crippen LogP contribution in [0.1, 0.15) is 46.4 Å². The van der Waals surface area contributed by atoms with E-state index in [1.807, 2.05) is 11.0 Å². The fourth-order valence-corrected chi connectivity index (χ4v) is 6.47. The minimum atomic E-state index is -0.644. The highest BCUT2D eigenvalue weighted by atomic mass is 32.2. The Labute approximate surface area is 234 Å². The van der Waals surface area contributed by atoms with Gasteiger partial charge in [-0.2, -0.15) is 5.10 Å². The van der Waals surface area contributed by atoms with Gasteiger partial charge in [-0.15, -0.1) is 0 Å². The molecule has 1 atom stereocenters. The zero-order valence-electron chi connectivity index (χ0n) is 21.8. The second kappa shape index (κ2) is 11.4. The van der Waals surface area contributed by atoms with Crippen molar-refractivity contribution in [3.05, 3.63) is 83.4 Å². The summed E-state index contributed by atoms with van der Waals surface area (Å²) in [5.74, 6) is -1.29. The molecule has 2 aliphatic heterocycles. The summed E-state index contributed by atoms with van der Waals surface area (Å²) in [6.07, 6.45) is 4.50. The lowest BCUT2D eigenvalue weighted by atomic mass is 10.1. The molecule has 10 heteroatoms. The fourth-order valence-electron chi connectivity index (χ4n) is 5.54. The van der Waals surface area contributed by atoms with Gasteiger partial charge in [0.15, 0.2) is 5.82 Å². The van der Waals surface area contributed by atoms with Crippen LogP contribution in [0.4, 0.5) is 14.6 Å². The van der Waals surface area contributed by atoms with Crippen molar-refractivity contribution in [1.82, 2.24) is 20.0 Å². The highest BCUT2D eigenvalue weighted by Gasteiger charge is 2.31. The van der Waals surface area contributed by atoms with Gasteiger partial charge < -0.3 is 15.1 Å². The minimum Gasteiger partial charge on any atom is -0.334 e. The number of amides is 2. The van der Waals surface area contributed by atoms with Crippen LogP contribution in [-0.2, 0) is 0 Å². The van der Waals surface area contributed by atoms with Crippen molar-refractivity contribution in [2.24, 2.45) is 0 Å². The number of aromatic amines is 1. The molecule has 0 spiro atoms. The Balaban J connectivity index is 1.13. The summed E-state index contributed by atoms with van der Waals surface area (Å²) >= 11 is 1.21. The molecule has 0 bridgehead atoms. The molecule has 2 N–H and O–H groups in total. The van der Waals surface area contributed by atoms with Gasteiger partial charge in [0.05, 0.1) is 5.52 Å². The third kappa shape index (κ3) is 5.73. The summed E-state index contributed by atoms with van der Waals surface area (Å²) in [6, 6.07) is 15.7. The molecule has 206 valence electrons. The van der Waals surface area contributed by atoms with Gasteiger partial charge in [-0.05, 0) is 93.4 Å². The molecule has 7 nitrogen and oxygen atoms in total. The minimum absolute atomic E-state index is 0.00941. The summed E-state index contributed by atoms with van der Waals surface area (Å²) in [6.45, 7) is 3.92. The van der Waals surface area contributed by atoms with Crippen LogP contribution in [0.15, 0.2) is 70.5 Å². The number of hydrogen-bond donors (Lipinski definition) is 2. The van der Waals surface area contributed by atoms with Crippen LogP contribution in [0.3, 0.4) is 0 Å². The van der Waals surface area contributed by atoms with Crippen molar-refractivity contribution >= 4 is 40.3 Å². The van der Waals surface area contributed by atoms with Crippen LogP contribution in [0.25, 0.3) is 10.9 Å². The van der Waals surface area contributed by atoms with Crippen LogP contribution in [0.5, 0.6) is 0 Å². The van der Waals surface area contributed by atoms with Gasteiger partial charge in [-0.1, -0.05) is 11.8 Å². The Morgan fingerprint density at radius 1 is 0.900 bits per heavy atom. The topological polar surface area (TPSA) is 81.3 Å². The van der Waals surface area contributed by atoms with Crippen LogP contribution in [-0.4, -0.2) is 64.0 Å². The van der Waals surface area contributed by atoms with Gasteiger partial charge in [0.2, 0.25) is 0 Å². The summed E-state index contributed by atoms with van der Waals surface area (Å²) in [7, 11) is 0. The number of aromatic nitrogens is 2. The van der Waals surface area contributed by atoms with Gasteiger partial charge in [0.1, 0.15) is 11.6 Å². The number of nitrogens with one attached hydrogen (secondary N) is 2. The molecule has 2 saturated heterocycles. The number of likely N-dealkylation sites (tertiary alicyclic amines) is 2. The van der Waals surface area contributed by atoms with Crippen molar-refractivity contribution in [2.75, 3.05) is 31.5 Å². The number of anilines is 1. The summed E-state index contributed by atoms with van der Waals surface area (Å²) in [5, 5.41) is 10.6. The first-order valence-electron chi connectivity index (χ1n) is 13.5. The molecule has 4 aromatic rings. The molecule has 3 aromatic carbocycles. The zero-order chi connectivity index (χ0) is 27.6. The smallest absolute Gasteiger partial charge is 0.256 e. The molecule has 0 saturated carbocycles. The molecule has 6 rings (SSSR count). The van der Waals surface area contributed by atoms with E-state index >= 15 is 0 Å². The predicted octanol–water partition coefficient (Wildman–Crippen LogP) is 5.95. The normalized spacial score (nSPS) is 17.6. The third-order valence-corrected chi connectivity index (χ3v) is 8.50. The van der Waals surface area contributed by atoms with E-state index in [2.05, 4.69) is 20.4 Å². The van der Waals surface area contributed by atoms with Crippen LogP contribution in [0.2, 0.25) is 0 Å². The lowest BCUT2D eigenvalue weighted by Crippen LogP contribution is -2.42. The fraction of sp³-hybridized carbons (Fsp3) is 0.300. The number of H-pyrrole nitrogens is 1. The average molecular weight is 562 g/mol. The Morgan fingerprint density at radius 2 is 1.62 bits per heavy atom. The summed E-state index contributed by atoms with van der Waals surface area (Å²) < 4.78 is 27.2. The predicted molar refractivity (Wildman–Crippen MR) is 151 cm³/mol. The van der Waals surface area contributed by atoms with Crippen LogP contribution >= 0.6 is 11.8 Å². The highest BCUT2D eigenvalue weighted by molar-refractivity contribution is 7.99. The number of rotatable bonds is 7. The molecule has 1 unspecified atom stereocenters. The zero-order valence-corrected chi connectivity index (χ0v) is 22.6. The monoisotopic (exact) mass is 561 g/mol. The second-order valence-corrected chi connectivity index (χ2v) is 11.5. The molecular formula is C30H29F2N5O2S. The Bertz CT molecular complexity index is 1530. The number of nitrogens with zero attached hydrogens (tertiary/aromatic N) is 3. The number of carbonyl (C=O) groups is 2. The van der Waals surface area contributed by atoms with Crippen molar-refractivity contribution in [3.63, 3.8) is 0 Å². The lowest BCUT2D eigenvalue weighted by molar-refractivity contribution is 0.0708.